The summed E-state index contributed by atoms with van der Waals surface area (Å²) < 4.78 is 0. The molecule has 0 atom stereocenters. The number of nitrogens with one attached hydrogen (secondary N) is 1. The highest BCUT2D eigenvalue weighted by Crippen LogP contribution is 2.22. The van der Waals surface area contributed by atoms with E-state index in [9.17, 15) is 4.79 Å². The Morgan fingerprint density at radius 3 is 2.39 bits per heavy atom. The Hall–Kier alpha value is -4.23. The Balaban J connectivity index is 1.48. The van der Waals surface area contributed by atoms with Gasteiger partial charge in [0.25, 0.3) is 0 Å². The highest BCUT2D eigenvalue weighted by Gasteiger charge is 2.09. The first-order chi connectivity index (χ1) is 15.2. The second-order valence-electron chi connectivity index (χ2n) is 7.14. The molecule has 2 aromatic heterocycles. The Kier molecular flexibility index (Phi) is 6.16. The molecule has 0 bridgehead atoms. The zero-order valence-electron chi connectivity index (χ0n) is 17.2. The quantitative estimate of drug-likeness (QED) is 0.486. The van der Waals surface area contributed by atoms with Crippen LogP contribution < -0.4 is 5.32 Å². The Morgan fingerprint density at radius 1 is 0.871 bits per heavy atom. The van der Waals surface area contributed by atoms with Gasteiger partial charge in [0.05, 0.1) is 12.1 Å². The fraction of sp³-hybridized carbons (Fsp3) is 0.0741. The number of nitrogens with zero attached hydrogens (tertiary/aromatic N) is 2. The summed E-state index contributed by atoms with van der Waals surface area (Å²) in [6, 6.07) is 25.3. The van der Waals surface area contributed by atoms with Crippen LogP contribution in [0.1, 0.15) is 22.3 Å². The van der Waals surface area contributed by atoms with E-state index in [-0.39, 0.29) is 5.91 Å². The highest BCUT2D eigenvalue weighted by molar-refractivity contribution is 5.92. The van der Waals surface area contributed by atoms with Crippen LogP contribution in [0.4, 0.5) is 5.82 Å². The van der Waals surface area contributed by atoms with Gasteiger partial charge in [0.1, 0.15) is 5.82 Å². The lowest BCUT2D eigenvalue weighted by molar-refractivity contribution is -0.115. The summed E-state index contributed by atoms with van der Waals surface area (Å²) in [5.41, 5.74) is 5.44. The minimum atomic E-state index is -0.0834. The molecular weight excluding hydrogens is 382 g/mol. The molecule has 31 heavy (non-hydrogen) atoms. The maximum Gasteiger partial charge on any atom is 0.229 e. The molecule has 4 aromatic rings. The van der Waals surface area contributed by atoms with E-state index < -0.39 is 0 Å². The molecular formula is C27H21N3O. The molecule has 4 rings (SSSR count). The molecule has 150 valence electrons. The summed E-state index contributed by atoms with van der Waals surface area (Å²) in [5, 5.41) is 2.94. The molecule has 4 heteroatoms. The molecule has 0 aliphatic heterocycles. The minimum absolute atomic E-state index is 0.0834. The number of carbonyl (C=O) groups excluding carboxylic acids is 1. The maximum absolute atomic E-state index is 12.4. The molecule has 2 aromatic carbocycles. The molecule has 0 aliphatic rings. The SMILES string of the molecule is Cc1ccc(-c2ccc(C#Cc3cccnc3)cc2)nc1NC(=O)Cc1ccccc1. The van der Waals surface area contributed by atoms with Gasteiger partial charge in [-0.15, -0.1) is 0 Å². The van der Waals surface area contributed by atoms with E-state index in [0.29, 0.717) is 12.2 Å². The van der Waals surface area contributed by atoms with Crippen LogP contribution in [0.25, 0.3) is 11.3 Å². The predicted molar refractivity (Wildman–Crippen MR) is 123 cm³/mol. The van der Waals surface area contributed by atoms with Crippen molar-refractivity contribution in [2.45, 2.75) is 13.3 Å². The van der Waals surface area contributed by atoms with Crippen molar-refractivity contribution >= 4 is 11.7 Å². The zero-order valence-corrected chi connectivity index (χ0v) is 17.2. The van der Waals surface area contributed by atoms with Crippen LogP contribution >= 0.6 is 0 Å². The van der Waals surface area contributed by atoms with Gasteiger partial charge in [0, 0.05) is 29.1 Å². The van der Waals surface area contributed by atoms with Gasteiger partial charge in [0.2, 0.25) is 5.91 Å². The zero-order chi connectivity index (χ0) is 21.5. The van der Waals surface area contributed by atoms with Gasteiger partial charge < -0.3 is 5.32 Å². The number of anilines is 1. The van der Waals surface area contributed by atoms with Crippen molar-refractivity contribution in [1.82, 2.24) is 9.97 Å². The first-order valence-corrected chi connectivity index (χ1v) is 10.0. The second kappa shape index (κ2) is 9.51. The van der Waals surface area contributed by atoms with Crippen molar-refractivity contribution in [1.29, 1.82) is 0 Å². The molecule has 0 radical (unpaired) electrons. The van der Waals surface area contributed by atoms with Gasteiger partial charge >= 0.3 is 0 Å². The van der Waals surface area contributed by atoms with Crippen molar-refractivity contribution in [2.24, 2.45) is 0 Å². The number of amides is 1. The Morgan fingerprint density at radius 2 is 1.65 bits per heavy atom. The normalized spacial score (nSPS) is 10.1. The number of rotatable bonds is 4. The fourth-order valence-corrected chi connectivity index (χ4v) is 3.08. The number of benzene rings is 2. The summed E-state index contributed by atoms with van der Waals surface area (Å²) in [6.07, 6.45) is 3.79. The van der Waals surface area contributed by atoms with E-state index in [1.807, 2.05) is 85.8 Å². The standard InChI is InChI=1S/C27H21N3O/c1-20-9-16-25(29-27(20)30-26(31)18-22-6-3-2-4-7-22)24-14-12-21(13-15-24)10-11-23-8-5-17-28-19-23/h2-9,12-17,19H,18H2,1H3,(H,29,30,31). The molecule has 0 saturated carbocycles. The van der Waals surface area contributed by atoms with Crippen LogP contribution in [0.3, 0.4) is 0 Å². The van der Waals surface area contributed by atoms with Crippen LogP contribution in [-0.2, 0) is 11.2 Å². The monoisotopic (exact) mass is 403 g/mol. The molecule has 0 spiro atoms. The third kappa shape index (κ3) is 5.43. The topological polar surface area (TPSA) is 54.9 Å². The average molecular weight is 403 g/mol. The van der Waals surface area contributed by atoms with E-state index in [1.54, 1.807) is 12.4 Å². The number of carbonyl (C=O) groups is 1. The predicted octanol–water partition coefficient (Wildman–Crippen LogP) is 5.03. The molecule has 0 saturated heterocycles. The average Bonchev–Trinajstić information content (AvgIpc) is 2.81. The Bertz CT molecular complexity index is 1240. The highest BCUT2D eigenvalue weighted by atomic mass is 16.1. The van der Waals surface area contributed by atoms with Gasteiger partial charge in [-0.1, -0.05) is 60.4 Å². The third-order valence-corrected chi connectivity index (χ3v) is 4.76. The van der Waals surface area contributed by atoms with Gasteiger partial charge in [-0.3, -0.25) is 9.78 Å². The molecule has 0 aliphatic carbocycles. The van der Waals surface area contributed by atoms with E-state index >= 15 is 0 Å². The van der Waals surface area contributed by atoms with Gasteiger partial charge in [-0.05, 0) is 48.4 Å². The largest absolute Gasteiger partial charge is 0.310 e. The van der Waals surface area contributed by atoms with Crippen LogP contribution in [0.15, 0.2) is 91.3 Å². The van der Waals surface area contributed by atoms with Gasteiger partial charge in [0.15, 0.2) is 0 Å². The maximum atomic E-state index is 12.4. The molecule has 0 unspecified atom stereocenters. The molecule has 2 heterocycles. The summed E-state index contributed by atoms with van der Waals surface area (Å²) in [5.74, 6) is 6.74. The van der Waals surface area contributed by atoms with Crippen molar-refractivity contribution in [2.75, 3.05) is 5.32 Å². The molecule has 1 amide bonds. The van der Waals surface area contributed by atoms with Crippen LogP contribution in [-0.4, -0.2) is 15.9 Å². The molecule has 4 nitrogen and oxygen atoms in total. The van der Waals surface area contributed by atoms with E-state index in [4.69, 9.17) is 0 Å². The number of pyridine rings is 2. The first-order valence-electron chi connectivity index (χ1n) is 10.0. The van der Waals surface area contributed by atoms with E-state index in [2.05, 4.69) is 27.1 Å². The van der Waals surface area contributed by atoms with Crippen molar-refractivity contribution < 1.29 is 4.79 Å². The number of aryl methyl sites for hydroxylation is 1. The third-order valence-electron chi connectivity index (χ3n) is 4.76. The lowest BCUT2D eigenvalue weighted by Gasteiger charge is -2.10. The van der Waals surface area contributed by atoms with E-state index in [0.717, 1.165) is 33.5 Å². The number of hydrogen-bond donors (Lipinski definition) is 1. The van der Waals surface area contributed by atoms with Gasteiger partial charge in [-0.25, -0.2) is 4.98 Å². The number of hydrogen-bond acceptors (Lipinski definition) is 3. The van der Waals surface area contributed by atoms with E-state index in [1.165, 1.54) is 0 Å². The van der Waals surface area contributed by atoms with Crippen molar-refractivity contribution in [3.8, 4) is 23.1 Å². The van der Waals surface area contributed by atoms with Crippen LogP contribution in [0, 0.1) is 18.8 Å². The summed E-state index contributed by atoms with van der Waals surface area (Å²) >= 11 is 0. The van der Waals surface area contributed by atoms with Crippen molar-refractivity contribution in [3.63, 3.8) is 0 Å². The smallest absolute Gasteiger partial charge is 0.229 e. The van der Waals surface area contributed by atoms with Gasteiger partial charge in [-0.2, -0.15) is 0 Å². The summed E-state index contributed by atoms with van der Waals surface area (Å²) in [6.45, 7) is 1.94. The molecule has 0 fully saturated rings. The lowest BCUT2D eigenvalue weighted by Crippen LogP contribution is -2.16. The fourth-order valence-electron chi connectivity index (χ4n) is 3.08. The summed E-state index contributed by atoms with van der Waals surface area (Å²) in [7, 11) is 0. The lowest BCUT2D eigenvalue weighted by atomic mass is 10.1. The molecule has 1 N–H and O–H groups in total. The van der Waals surface area contributed by atoms with Crippen LogP contribution in [0.5, 0.6) is 0 Å². The van der Waals surface area contributed by atoms with Crippen molar-refractivity contribution in [3.05, 3.63) is 114 Å². The second-order valence-corrected chi connectivity index (χ2v) is 7.14. The summed E-state index contributed by atoms with van der Waals surface area (Å²) in [4.78, 5) is 21.2. The Labute approximate surface area is 182 Å². The van der Waals surface area contributed by atoms with Crippen LogP contribution in [0.2, 0.25) is 0 Å². The first kappa shape index (κ1) is 20.1. The minimum Gasteiger partial charge on any atom is -0.310 e. The number of aromatic nitrogens is 2.